The Morgan fingerprint density at radius 2 is 2.06 bits per heavy atom. The predicted molar refractivity (Wildman–Crippen MR) is 72.3 cm³/mol. The maximum Gasteiger partial charge on any atom is 0.161 e. The second kappa shape index (κ2) is 7.95. The zero-order chi connectivity index (χ0) is 13.4. The molecule has 4 heteroatoms. The van der Waals surface area contributed by atoms with Crippen LogP contribution in [0.25, 0.3) is 0 Å². The molecule has 0 radical (unpaired) electrons. The Balaban J connectivity index is 2.81. The number of benzene rings is 1. The van der Waals surface area contributed by atoms with Gasteiger partial charge in [-0.05, 0) is 44.5 Å². The van der Waals surface area contributed by atoms with Crippen LogP contribution in [0.3, 0.4) is 0 Å². The highest BCUT2D eigenvalue weighted by atomic mass is 16.5. The minimum atomic E-state index is -0.00503. The summed E-state index contributed by atoms with van der Waals surface area (Å²) in [5.41, 5.74) is 6.71. The number of rotatable bonds is 8. The van der Waals surface area contributed by atoms with E-state index < -0.39 is 0 Å². The van der Waals surface area contributed by atoms with E-state index in [2.05, 4.69) is 0 Å². The van der Waals surface area contributed by atoms with Crippen molar-refractivity contribution in [1.82, 2.24) is 0 Å². The van der Waals surface area contributed by atoms with E-state index >= 15 is 0 Å². The second-order valence-electron chi connectivity index (χ2n) is 4.14. The average molecular weight is 253 g/mol. The molecule has 18 heavy (non-hydrogen) atoms. The first-order valence-electron chi connectivity index (χ1n) is 6.32. The Bertz CT molecular complexity index is 355. The molecule has 4 nitrogen and oxygen atoms in total. The zero-order valence-corrected chi connectivity index (χ0v) is 11.4. The lowest BCUT2D eigenvalue weighted by atomic mass is 10.1. The summed E-state index contributed by atoms with van der Waals surface area (Å²) in [5.74, 6) is 1.52. The maximum atomic E-state index is 5.79. The first-order chi connectivity index (χ1) is 8.71. The third-order valence-electron chi connectivity index (χ3n) is 2.47. The molecule has 1 aromatic rings. The third-order valence-corrected chi connectivity index (χ3v) is 2.47. The number of nitrogens with two attached hydrogens (primary N) is 1. The molecule has 102 valence electrons. The molecule has 0 aliphatic carbocycles. The van der Waals surface area contributed by atoms with Crippen LogP contribution in [0.2, 0.25) is 0 Å². The molecule has 0 fully saturated rings. The van der Waals surface area contributed by atoms with Crippen molar-refractivity contribution in [1.29, 1.82) is 0 Å². The monoisotopic (exact) mass is 253 g/mol. The molecule has 2 N–H and O–H groups in total. The fraction of sp³-hybridized carbons (Fsp3) is 0.571. The molecule has 0 amide bonds. The Hall–Kier alpha value is -1.26. The van der Waals surface area contributed by atoms with Gasteiger partial charge in [0, 0.05) is 7.11 Å². The molecule has 1 rings (SSSR count). The van der Waals surface area contributed by atoms with Gasteiger partial charge >= 0.3 is 0 Å². The minimum Gasteiger partial charge on any atom is -0.490 e. The molecule has 0 saturated heterocycles. The highest BCUT2D eigenvalue weighted by Gasteiger charge is 2.10. The number of methoxy groups -OCH3 is 1. The van der Waals surface area contributed by atoms with Crippen molar-refractivity contribution in [3.63, 3.8) is 0 Å². The normalized spacial score (nSPS) is 12.2. The van der Waals surface area contributed by atoms with Gasteiger partial charge in [-0.25, -0.2) is 0 Å². The van der Waals surface area contributed by atoms with E-state index in [1.807, 2.05) is 32.0 Å². The Kier molecular flexibility index (Phi) is 6.54. The van der Waals surface area contributed by atoms with E-state index in [1.165, 1.54) is 0 Å². The van der Waals surface area contributed by atoms with E-state index in [-0.39, 0.29) is 6.10 Å². The summed E-state index contributed by atoms with van der Waals surface area (Å²) in [6.45, 7) is 5.72. The summed E-state index contributed by atoms with van der Waals surface area (Å²) in [6.07, 6.45) is 0.836. The first kappa shape index (κ1) is 14.8. The second-order valence-corrected chi connectivity index (χ2v) is 4.14. The highest BCUT2D eigenvalue weighted by molar-refractivity contribution is 5.43. The summed E-state index contributed by atoms with van der Waals surface area (Å²) in [6, 6.07) is 5.94. The summed E-state index contributed by atoms with van der Waals surface area (Å²) in [5, 5.41) is 0. The molecule has 0 aromatic heterocycles. The summed E-state index contributed by atoms with van der Waals surface area (Å²) in [7, 11) is 1.66. The SMILES string of the molecule is CCOc1cc(CCN)ccc1OC(C)COC. The van der Waals surface area contributed by atoms with Crippen molar-refractivity contribution >= 4 is 0 Å². The van der Waals surface area contributed by atoms with Crippen molar-refractivity contribution in [2.75, 3.05) is 26.9 Å². The molecule has 0 spiro atoms. The maximum absolute atomic E-state index is 5.79. The van der Waals surface area contributed by atoms with Crippen molar-refractivity contribution in [3.8, 4) is 11.5 Å². The largest absolute Gasteiger partial charge is 0.490 e. The van der Waals surface area contributed by atoms with Gasteiger partial charge in [0.1, 0.15) is 6.10 Å². The van der Waals surface area contributed by atoms with Gasteiger partial charge in [0.05, 0.1) is 13.2 Å². The fourth-order valence-corrected chi connectivity index (χ4v) is 1.73. The summed E-state index contributed by atoms with van der Waals surface area (Å²) >= 11 is 0. The molecule has 1 atom stereocenters. The zero-order valence-electron chi connectivity index (χ0n) is 11.4. The fourth-order valence-electron chi connectivity index (χ4n) is 1.73. The van der Waals surface area contributed by atoms with Gasteiger partial charge < -0.3 is 19.9 Å². The van der Waals surface area contributed by atoms with Crippen LogP contribution in [0.15, 0.2) is 18.2 Å². The van der Waals surface area contributed by atoms with Crippen molar-refractivity contribution in [3.05, 3.63) is 23.8 Å². The molecule has 0 aliphatic heterocycles. The summed E-state index contributed by atoms with van der Waals surface area (Å²) in [4.78, 5) is 0. The minimum absolute atomic E-state index is 0.00503. The average Bonchev–Trinajstić information content (AvgIpc) is 2.33. The van der Waals surface area contributed by atoms with Gasteiger partial charge in [-0.2, -0.15) is 0 Å². The Labute approximate surface area is 109 Å². The molecule has 1 unspecified atom stereocenters. The van der Waals surface area contributed by atoms with E-state index in [1.54, 1.807) is 7.11 Å². The van der Waals surface area contributed by atoms with Crippen LogP contribution < -0.4 is 15.2 Å². The number of hydrogen-bond acceptors (Lipinski definition) is 4. The van der Waals surface area contributed by atoms with E-state index in [0.717, 1.165) is 23.5 Å². The number of ether oxygens (including phenoxy) is 3. The smallest absolute Gasteiger partial charge is 0.161 e. The van der Waals surface area contributed by atoms with Crippen molar-refractivity contribution in [2.24, 2.45) is 5.73 Å². The number of hydrogen-bond donors (Lipinski definition) is 1. The van der Waals surface area contributed by atoms with Gasteiger partial charge in [0.25, 0.3) is 0 Å². The molecule has 1 aromatic carbocycles. The molecular weight excluding hydrogens is 230 g/mol. The standard InChI is InChI=1S/C14H23NO3/c1-4-17-14-9-12(7-8-15)5-6-13(14)18-11(2)10-16-3/h5-6,9,11H,4,7-8,10,15H2,1-3H3. The molecule has 0 heterocycles. The van der Waals surface area contributed by atoms with Gasteiger partial charge in [0.2, 0.25) is 0 Å². The van der Waals surface area contributed by atoms with Crippen LogP contribution in [0.5, 0.6) is 11.5 Å². The molecule has 0 aliphatic rings. The lowest BCUT2D eigenvalue weighted by Gasteiger charge is -2.17. The molecular formula is C14H23NO3. The summed E-state index contributed by atoms with van der Waals surface area (Å²) < 4.78 is 16.4. The van der Waals surface area contributed by atoms with Gasteiger partial charge in [-0.15, -0.1) is 0 Å². The van der Waals surface area contributed by atoms with Gasteiger partial charge in [-0.1, -0.05) is 6.07 Å². The lowest BCUT2D eigenvalue weighted by Crippen LogP contribution is -2.18. The predicted octanol–water partition coefficient (Wildman–Crippen LogP) is 2.00. The van der Waals surface area contributed by atoms with Crippen LogP contribution in [0.1, 0.15) is 19.4 Å². The third kappa shape index (κ3) is 4.55. The first-order valence-corrected chi connectivity index (χ1v) is 6.32. The van der Waals surface area contributed by atoms with Crippen LogP contribution in [-0.4, -0.2) is 33.0 Å². The highest BCUT2D eigenvalue weighted by Crippen LogP contribution is 2.29. The van der Waals surface area contributed by atoms with Crippen LogP contribution in [-0.2, 0) is 11.2 Å². The van der Waals surface area contributed by atoms with Crippen molar-refractivity contribution < 1.29 is 14.2 Å². The Morgan fingerprint density at radius 3 is 2.67 bits per heavy atom. The van der Waals surface area contributed by atoms with Crippen molar-refractivity contribution in [2.45, 2.75) is 26.4 Å². The molecule has 0 bridgehead atoms. The van der Waals surface area contributed by atoms with Gasteiger partial charge in [0.15, 0.2) is 11.5 Å². The molecule has 0 saturated carbocycles. The topological polar surface area (TPSA) is 53.7 Å². The van der Waals surface area contributed by atoms with Crippen LogP contribution >= 0.6 is 0 Å². The quantitative estimate of drug-likeness (QED) is 0.770. The van der Waals surface area contributed by atoms with E-state index in [9.17, 15) is 0 Å². The van der Waals surface area contributed by atoms with Crippen LogP contribution in [0.4, 0.5) is 0 Å². The Morgan fingerprint density at radius 1 is 1.28 bits per heavy atom. The lowest BCUT2D eigenvalue weighted by molar-refractivity contribution is 0.0894. The van der Waals surface area contributed by atoms with E-state index in [4.69, 9.17) is 19.9 Å². The van der Waals surface area contributed by atoms with Crippen LogP contribution in [0, 0.1) is 0 Å². The van der Waals surface area contributed by atoms with Gasteiger partial charge in [-0.3, -0.25) is 0 Å². The van der Waals surface area contributed by atoms with E-state index in [0.29, 0.717) is 19.8 Å².